The van der Waals surface area contributed by atoms with Gasteiger partial charge in [0.25, 0.3) is 5.91 Å². The van der Waals surface area contributed by atoms with Crippen LogP contribution in [-0.2, 0) is 6.42 Å². The van der Waals surface area contributed by atoms with E-state index in [0.717, 1.165) is 11.4 Å². The van der Waals surface area contributed by atoms with E-state index < -0.39 is 0 Å². The van der Waals surface area contributed by atoms with Crippen molar-refractivity contribution in [1.82, 2.24) is 20.0 Å². The van der Waals surface area contributed by atoms with Crippen LogP contribution < -0.4 is 4.90 Å². The van der Waals surface area contributed by atoms with Crippen LogP contribution >= 0.6 is 0 Å². The Balaban J connectivity index is 1.39. The number of hydrogen-bond acceptors (Lipinski definition) is 7. The van der Waals surface area contributed by atoms with Crippen molar-refractivity contribution >= 4 is 11.7 Å². The van der Waals surface area contributed by atoms with Crippen molar-refractivity contribution in [3.8, 4) is 17.5 Å². The van der Waals surface area contributed by atoms with E-state index in [2.05, 4.69) is 26.1 Å². The van der Waals surface area contributed by atoms with Crippen molar-refractivity contribution in [1.29, 1.82) is 5.26 Å². The molecule has 1 aromatic carbocycles. The largest absolute Gasteiger partial charge is 0.353 e. The van der Waals surface area contributed by atoms with Gasteiger partial charge in [-0.25, -0.2) is 4.98 Å². The first kappa shape index (κ1) is 18.6. The zero-order chi connectivity index (χ0) is 20.2. The lowest BCUT2D eigenvalue weighted by atomic mass is 10.1. The highest BCUT2D eigenvalue weighted by molar-refractivity contribution is 5.94. The first-order valence-electron chi connectivity index (χ1n) is 9.51. The first-order valence-corrected chi connectivity index (χ1v) is 9.51. The Morgan fingerprint density at radius 3 is 2.69 bits per heavy atom. The maximum atomic E-state index is 12.7. The van der Waals surface area contributed by atoms with Gasteiger partial charge in [0, 0.05) is 49.9 Å². The van der Waals surface area contributed by atoms with E-state index in [4.69, 9.17) is 9.78 Å². The molecule has 3 heterocycles. The van der Waals surface area contributed by atoms with Crippen LogP contribution in [0, 0.1) is 11.3 Å². The molecule has 8 nitrogen and oxygen atoms in total. The molecule has 1 saturated heterocycles. The fraction of sp³-hybridized carbons (Fsp3) is 0.286. The van der Waals surface area contributed by atoms with Crippen molar-refractivity contribution in [2.24, 2.45) is 0 Å². The molecule has 8 heteroatoms. The van der Waals surface area contributed by atoms with Crippen LogP contribution in [0.15, 0.2) is 47.1 Å². The van der Waals surface area contributed by atoms with Gasteiger partial charge in [-0.05, 0) is 30.3 Å². The molecule has 1 aliphatic rings. The topological polar surface area (TPSA) is 99.2 Å². The number of nitrogens with zero attached hydrogens (tertiary/aromatic N) is 6. The average molecular weight is 388 g/mol. The highest BCUT2D eigenvalue weighted by Crippen LogP contribution is 2.20. The van der Waals surface area contributed by atoms with Gasteiger partial charge in [0.15, 0.2) is 0 Å². The van der Waals surface area contributed by atoms with Gasteiger partial charge < -0.3 is 14.3 Å². The number of aromatic nitrogens is 3. The summed E-state index contributed by atoms with van der Waals surface area (Å²) >= 11 is 0. The van der Waals surface area contributed by atoms with E-state index in [1.54, 1.807) is 30.5 Å². The minimum atomic E-state index is -0.0473. The Labute approximate surface area is 168 Å². The fourth-order valence-corrected chi connectivity index (χ4v) is 3.26. The third-order valence-corrected chi connectivity index (χ3v) is 4.91. The number of rotatable bonds is 4. The van der Waals surface area contributed by atoms with Crippen LogP contribution in [0.1, 0.15) is 28.7 Å². The number of piperazine rings is 1. The summed E-state index contributed by atoms with van der Waals surface area (Å²) < 4.78 is 5.15. The molecule has 0 unspecified atom stereocenters. The van der Waals surface area contributed by atoms with Gasteiger partial charge in [-0.3, -0.25) is 4.79 Å². The quantitative estimate of drug-likeness (QED) is 0.677. The van der Waals surface area contributed by atoms with Gasteiger partial charge in [-0.1, -0.05) is 18.1 Å². The van der Waals surface area contributed by atoms with Crippen LogP contribution in [0.3, 0.4) is 0 Å². The Hall–Kier alpha value is -3.73. The SMILES string of the molecule is CCc1nc(-c2ccc(N3CCN(C(=O)c4cccc(C#N)c4)CC3)nc2)no1. The van der Waals surface area contributed by atoms with Crippen molar-refractivity contribution < 1.29 is 9.32 Å². The van der Waals surface area contributed by atoms with Crippen LogP contribution in [0.4, 0.5) is 5.82 Å². The fourth-order valence-electron chi connectivity index (χ4n) is 3.26. The van der Waals surface area contributed by atoms with Gasteiger partial charge in [0.1, 0.15) is 5.82 Å². The smallest absolute Gasteiger partial charge is 0.254 e. The van der Waals surface area contributed by atoms with Gasteiger partial charge >= 0.3 is 0 Å². The molecule has 0 aliphatic carbocycles. The number of benzene rings is 1. The Bertz CT molecular complexity index is 1050. The molecule has 0 radical (unpaired) electrons. The number of anilines is 1. The second kappa shape index (κ2) is 8.10. The van der Waals surface area contributed by atoms with Crippen LogP contribution in [0.2, 0.25) is 0 Å². The summed E-state index contributed by atoms with van der Waals surface area (Å²) in [6.45, 7) is 4.55. The molecule has 2 aromatic heterocycles. The minimum absolute atomic E-state index is 0.0473. The molecule has 0 N–H and O–H groups in total. The molecule has 146 valence electrons. The van der Waals surface area contributed by atoms with Gasteiger partial charge in [0.2, 0.25) is 11.7 Å². The number of hydrogen-bond donors (Lipinski definition) is 0. The third-order valence-electron chi connectivity index (χ3n) is 4.91. The highest BCUT2D eigenvalue weighted by atomic mass is 16.5. The Morgan fingerprint density at radius 1 is 1.21 bits per heavy atom. The summed E-state index contributed by atoms with van der Waals surface area (Å²) in [7, 11) is 0. The number of pyridine rings is 1. The number of carbonyl (C=O) groups is 1. The summed E-state index contributed by atoms with van der Waals surface area (Å²) in [4.78, 5) is 25.5. The van der Waals surface area contributed by atoms with E-state index in [0.29, 0.717) is 55.4 Å². The number of amides is 1. The lowest BCUT2D eigenvalue weighted by Gasteiger charge is -2.35. The minimum Gasteiger partial charge on any atom is -0.353 e. The summed E-state index contributed by atoms with van der Waals surface area (Å²) in [5, 5.41) is 13.0. The lowest BCUT2D eigenvalue weighted by Crippen LogP contribution is -2.49. The highest BCUT2D eigenvalue weighted by Gasteiger charge is 2.23. The molecule has 0 atom stereocenters. The monoisotopic (exact) mass is 388 g/mol. The maximum Gasteiger partial charge on any atom is 0.254 e. The molecule has 1 fully saturated rings. The van der Waals surface area contributed by atoms with Crippen LogP contribution in [0.5, 0.6) is 0 Å². The van der Waals surface area contributed by atoms with E-state index in [1.807, 2.05) is 24.0 Å². The van der Waals surface area contributed by atoms with E-state index in [-0.39, 0.29) is 5.91 Å². The van der Waals surface area contributed by atoms with Crippen molar-refractivity contribution in [2.45, 2.75) is 13.3 Å². The maximum absolute atomic E-state index is 12.7. The molecular weight excluding hydrogens is 368 g/mol. The Kier molecular flexibility index (Phi) is 5.20. The van der Waals surface area contributed by atoms with Crippen molar-refractivity contribution in [2.75, 3.05) is 31.1 Å². The van der Waals surface area contributed by atoms with Crippen LogP contribution in [0.25, 0.3) is 11.4 Å². The Morgan fingerprint density at radius 2 is 2.03 bits per heavy atom. The summed E-state index contributed by atoms with van der Waals surface area (Å²) in [6.07, 6.45) is 2.44. The molecule has 4 rings (SSSR count). The zero-order valence-electron chi connectivity index (χ0n) is 16.1. The molecule has 1 amide bonds. The standard InChI is InChI=1S/C21H20N6O2/c1-2-19-24-20(25-29-19)17-6-7-18(23-14-17)26-8-10-27(11-9-26)21(28)16-5-3-4-15(12-16)13-22/h3-7,12,14H,2,8-11H2,1H3. The predicted molar refractivity (Wildman–Crippen MR) is 106 cm³/mol. The second-order valence-electron chi connectivity index (χ2n) is 6.74. The third kappa shape index (κ3) is 3.94. The molecule has 0 saturated carbocycles. The zero-order valence-corrected chi connectivity index (χ0v) is 16.1. The molecule has 1 aliphatic heterocycles. The van der Waals surface area contributed by atoms with Gasteiger partial charge in [-0.2, -0.15) is 10.2 Å². The second-order valence-corrected chi connectivity index (χ2v) is 6.74. The van der Waals surface area contributed by atoms with E-state index in [1.165, 1.54) is 0 Å². The number of carbonyl (C=O) groups excluding carboxylic acids is 1. The van der Waals surface area contributed by atoms with Gasteiger partial charge in [0.05, 0.1) is 11.6 Å². The summed E-state index contributed by atoms with van der Waals surface area (Å²) in [5.41, 5.74) is 1.85. The number of aryl methyl sites for hydroxylation is 1. The first-order chi connectivity index (χ1) is 14.2. The van der Waals surface area contributed by atoms with Crippen molar-refractivity contribution in [3.63, 3.8) is 0 Å². The van der Waals surface area contributed by atoms with Gasteiger partial charge in [-0.15, -0.1) is 0 Å². The van der Waals surface area contributed by atoms with E-state index >= 15 is 0 Å². The molecule has 0 spiro atoms. The summed E-state index contributed by atoms with van der Waals surface area (Å²) in [5.74, 6) is 1.95. The number of nitriles is 1. The lowest BCUT2D eigenvalue weighted by molar-refractivity contribution is 0.0746. The molecule has 29 heavy (non-hydrogen) atoms. The molecule has 3 aromatic rings. The molecular formula is C21H20N6O2. The van der Waals surface area contributed by atoms with E-state index in [9.17, 15) is 4.79 Å². The predicted octanol–water partition coefficient (Wildman–Crippen LogP) is 2.53. The summed E-state index contributed by atoms with van der Waals surface area (Å²) in [6, 6.07) is 12.8. The molecule has 0 bridgehead atoms. The normalized spacial score (nSPS) is 13.9. The van der Waals surface area contributed by atoms with Crippen LogP contribution in [-0.4, -0.2) is 52.1 Å². The van der Waals surface area contributed by atoms with Crippen molar-refractivity contribution in [3.05, 3.63) is 59.6 Å². The average Bonchev–Trinajstić information content (AvgIpc) is 3.28.